The fourth-order valence-corrected chi connectivity index (χ4v) is 1.16. The van der Waals surface area contributed by atoms with Crippen LogP contribution in [0.4, 0.5) is 0 Å². The van der Waals surface area contributed by atoms with E-state index in [-0.39, 0.29) is 5.78 Å². The van der Waals surface area contributed by atoms with Crippen molar-refractivity contribution in [2.24, 2.45) is 0 Å². The van der Waals surface area contributed by atoms with Crippen LogP contribution in [-0.2, 0) is 4.79 Å². The molecule has 1 heteroatoms. The fourth-order valence-electron chi connectivity index (χ4n) is 1.16. The van der Waals surface area contributed by atoms with E-state index in [4.69, 9.17) is 0 Å². The van der Waals surface area contributed by atoms with Crippen LogP contribution in [0, 0.1) is 0 Å². The first-order valence-electron chi connectivity index (χ1n) is 5.26. The Labute approximate surface area is 91.1 Å². The van der Waals surface area contributed by atoms with E-state index in [1.54, 1.807) is 12.2 Å². The lowest BCUT2D eigenvalue weighted by atomic mass is 10.2. The zero-order valence-corrected chi connectivity index (χ0v) is 9.02. The summed E-state index contributed by atoms with van der Waals surface area (Å²) in [5.74, 6) is 0.0484. The van der Waals surface area contributed by atoms with Crippen LogP contribution in [0.25, 0.3) is 6.08 Å². The topological polar surface area (TPSA) is 17.1 Å². The second-order valence-electron chi connectivity index (χ2n) is 3.34. The number of allylic oxidation sites excluding steroid dienone is 3. The Bertz CT molecular complexity index is 347. The molecule has 1 aromatic rings. The third-order valence-electron chi connectivity index (χ3n) is 1.98. The molecule has 0 N–H and O–H groups in total. The van der Waals surface area contributed by atoms with Gasteiger partial charge in [-0.3, -0.25) is 4.79 Å². The molecule has 0 aliphatic heterocycles. The minimum Gasteiger partial charge on any atom is -0.290 e. The summed E-state index contributed by atoms with van der Waals surface area (Å²) in [4.78, 5) is 11.3. The molecular weight excluding hydrogens is 184 g/mol. The van der Waals surface area contributed by atoms with Crippen LogP contribution in [0.5, 0.6) is 0 Å². The van der Waals surface area contributed by atoms with Crippen LogP contribution in [0.1, 0.15) is 25.3 Å². The van der Waals surface area contributed by atoms with Crippen molar-refractivity contribution in [1.29, 1.82) is 0 Å². The summed E-state index contributed by atoms with van der Waals surface area (Å²) in [5, 5.41) is 0. The largest absolute Gasteiger partial charge is 0.290 e. The molecule has 0 saturated carbocycles. The van der Waals surface area contributed by atoms with Crippen molar-refractivity contribution in [3.8, 4) is 0 Å². The molecule has 0 radical (unpaired) electrons. The zero-order valence-electron chi connectivity index (χ0n) is 9.02. The summed E-state index contributed by atoms with van der Waals surface area (Å²) in [7, 11) is 0. The minimum atomic E-state index is 0.0484. The molecule has 78 valence electrons. The molecule has 0 unspecified atom stereocenters. The standard InChI is InChI=1S/C14H16O/c1-2-3-5-10-14(15)12-11-13-8-6-4-7-9-13/h4-12H,2-3H2,1H3/b10-5+,12-11+. The quantitative estimate of drug-likeness (QED) is 0.663. The van der Waals surface area contributed by atoms with Crippen LogP contribution in [-0.4, -0.2) is 5.78 Å². The van der Waals surface area contributed by atoms with Crippen molar-refractivity contribution in [2.45, 2.75) is 19.8 Å². The minimum absolute atomic E-state index is 0.0484. The highest BCUT2D eigenvalue weighted by atomic mass is 16.1. The SMILES string of the molecule is CCC/C=C/C(=O)/C=C/c1ccccc1. The van der Waals surface area contributed by atoms with E-state index in [0.29, 0.717) is 0 Å². The van der Waals surface area contributed by atoms with Gasteiger partial charge in [0.25, 0.3) is 0 Å². The number of hydrogen-bond acceptors (Lipinski definition) is 1. The van der Waals surface area contributed by atoms with Crippen molar-refractivity contribution < 1.29 is 4.79 Å². The monoisotopic (exact) mass is 200 g/mol. The maximum absolute atomic E-state index is 11.3. The molecule has 15 heavy (non-hydrogen) atoms. The van der Waals surface area contributed by atoms with Gasteiger partial charge in [0, 0.05) is 0 Å². The summed E-state index contributed by atoms with van der Waals surface area (Å²) in [6.45, 7) is 2.09. The van der Waals surface area contributed by atoms with Crippen molar-refractivity contribution >= 4 is 11.9 Å². The summed E-state index contributed by atoms with van der Waals surface area (Å²) in [6.07, 6.45) is 9.01. The summed E-state index contributed by atoms with van der Waals surface area (Å²) < 4.78 is 0. The van der Waals surface area contributed by atoms with Gasteiger partial charge >= 0.3 is 0 Å². The van der Waals surface area contributed by atoms with Gasteiger partial charge in [-0.2, -0.15) is 0 Å². The molecular formula is C14H16O. The average Bonchev–Trinajstić information content (AvgIpc) is 2.28. The summed E-state index contributed by atoms with van der Waals surface area (Å²) >= 11 is 0. The molecule has 0 amide bonds. The number of hydrogen-bond donors (Lipinski definition) is 0. The number of carbonyl (C=O) groups excluding carboxylic acids is 1. The number of benzene rings is 1. The molecule has 0 atom stereocenters. The van der Waals surface area contributed by atoms with Gasteiger partial charge in [0.15, 0.2) is 5.78 Å². The maximum atomic E-state index is 11.3. The van der Waals surface area contributed by atoms with E-state index in [9.17, 15) is 4.79 Å². The zero-order chi connectivity index (χ0) is 10.9. The van der Waals surface area contributed by atoms with Gasteiger partial charge in [-0.15, -0.1) is 0 Å². The lowest BCUT2D eigenvalue weighted by molar-refractivity contribution is -0.110. The predicted molar refractivity (Wildman–Crippen MR) is 64.5 cm³/mol. The van der Waals surface area contributed by atoms with Crippen molar-refractivity contribution in [1.82, 2.24) is 0 Å². The molecule has 0 saturated heterocycles. The third kappa shape index (κ3) is 4.96. The Morgan fingerprint density at radius 3 is 2.60 bits per heavy atom. The normalized spacial score (nSPS) is 11.3. The van der Waals surface area contributed by atoms with E-state index >= 15 is 0 Å². The lowest BCUT2D eigenvalue weighted by Gasteiger charge is -1.89. The van der Waals surface area contributed by atoms with Crippen molar-refractivity contribution in [3.05, 3.63) is 54.1 Å². The Balaban J connectivity index is 2.48. The van der Waals surface area contributed by atoms with Crippen molar-refractivity contribution in [3.63, 3.8) is 0 Å². The van der Waals surface area contributed by atoms with Gasteiger partial charge in [0.05, 0.1) is 0 Å². The van der Waals surface area contributed by atoms with Crippen molar-refractivity contribution in [2.75, 3.05) is 0 Å². The van der Waals surface area contributed by atoms with Crippen LogP contribution < -0.4 is 0 Å². The lowest BCUT2D eigenvalue weighted by Crippen LogP contribution is -1.84. The first-order chi connectivity index (χ1) is 7.33. The Morgan fingerprint density at radius 2 is 1.93 bits per heavy atom. The second-order valence-corrected chi connectivity index (χ2v) is 3.34. The first-order valence-corrected chi connectivity index (χ1v) is 5.26. The molecule has 0 aliphatic rings. The summed E-state index contributed by atoms with van der Waals surface area (Å²) in [6, 6.07) is 9.81. The molecule has 0 fully saturated rings. The van der Waals surface area contributed by atoms with Crippen LogP contribution >= 0.6 is 0 Å². The molecule has 1 rings (SSSR count). The van der Waals surface area contributed by atoms with E-state index in [1.165, 1.54) is 0 Å². The average molecular weight is 200 g/mol. The third-order valence-corrected chi connectivity index (χ3v) is 1.98. The number of ketones is 1. The molecule has 0 spiro atoms. The van der Waals surface area contributed by atoms with Gasteiger partial charge in [0.2, 0.25) is 0 Å². The van der Waals surface area contributed by atoms with Gasteiger partial charge in [-0.05, 0) is 24.1 Å². The van der Waals surface area contributed by atoms with Gasteiger partial charge in [-0.1, -0.05) is 55.8 Å². The highest BCUT2D eigenvalue weighted by molar-refractivity contribution is 6.01. The number of carbonyl (C=O) groups is 1. The van der Waals surface area contributed by atoms with E-state index in [2.05, 4.69) is 6.92 Å². The first kappa shape index (κ1) is 11.4. The predicted octanol–water partition coefficient (Wildman–Crippen LogP) is 3.63. The Morgan fingerprint density at radius 1 is 1.20 bits per heavy atom. The van der Waals surface area contributed by atoms with Crippen LogP contribution in [0.15, 0.2) is 48.6 Å². The smallest absolute Gasteiger partial charge is 0.178 e. The molecule has 0 aromatic heterocycles. The number of unbranched alkanes of at least 4 members (excludes halogenated alkanes) is 1. The van der Waals surface area contributed by atoms with Crippen LogP contribution in [0.3, 0.4) is 0 Å². The van der Waals surface area contributed by atoms with Gasteiger partial charge in [-0.25, -0.2) is 0 Å². The Hall–Kier alpha value is -1.63. The molecule has 0 aliphatic carbocycles. The maximum Gasteiger partial charge on any atom is 0.178 e. The molecule has 0 bridgehead atoms. The number of rotatable bonds is 5. The van der Waals surface area contributed by atoms with E-state index in [0.717, 1.165) is 18.4 Å². The fraction of sp³-hybridized carbons (Fsp3) is 0.214. The van der Waals surface area contributed by atoms with Crippen LogP contribution in [0.2, 0.25) is 0 Å². The van der Waals surface area contributed by atoms with E-state index in [1.807, 2.05) is 42.5 Å². The second kappa shape index (κ2) is 6.77. The van der Waals surface area contributed by atoms with Gasteiger partial charge in [0.1, 0.15) is 0 Å². The molecule has 1 nitrogen and oxygen atoms in total. The highest BCUT2D eigenvalue weighted by Crippen LogP contribution is 2.01. The van der Waals surface area contributed by atoms with E-state index < -0.39 is 0 Å². The molecule has 0 heterocycles. The Kier molecular flexibility index (Phi) is 5.16. The van der Waals surface area contributed by atoms with Gasteiger partial charge < -0.3 is 0 Å². The highest BCUT2D eigenvalue weighted by Gasteiger charge is 1.88. The molecule has 1 aromatic carbocycles. The summed E-state index contributed by atoms with van der Waals surface area (Å²) in [5.41, 5.74) is 1.05.